The molecule has 2 fully saturated rings. The monoisotopic (exact) mass is 636 g/mol. The van der Waals surface area contributed by atoms with Crippen molar-refractivity contribution in [2.45, 2.75) is 122 Å². The average molecular weight is 637 g/mol. The van der Waals surface area contributed by atoms with Gasteiger partial charge in [0.15, 0.2) is 6.10 Å². The molecule has 6 atom stereocenters. The first-order valence-corrected chi connectivity index (χ1v) is 17.4. The first-order chi connectivity index (χ1) is 22.0. The number of allylic oxidation sites excluding steroid dienone is 3. The fraction of sp³-hybridized carbons (Fsp3) is 0.676. The van der Waals surface area contributed by atoms with E-state index < -0.39 is 17.8 Å². The maximum Gasteiger partial charge on any atom is 0.410 e. The van der Waals surface area contributed by atoms with E-state index >= 15 is 0 Å². The Morgan fingerprint density at radius 2 is 1.80 bits per heavy atom. The second-order valence-corrected chi connectivity index (χ2v) is 14.0. The SMILES string of the molecule is C/C(=C\C=C\C(C)c1cnccn1)[C@H]1OC(=O)C[C@H](C)CC[C@@](C)(O)[C@@H](OC(=O)N2CCN(C3CCCCCC3)CC2)/C=C/[C@@H]1C. The molecule has 0 radical (unpaired) electrons. The van der Waals surface area contributed by atoms with E-state index in [0.29, 0.717) is 32.0 Å². The lowest BCUT2D eigenvalue weighted by Crippen LogP contribution is -2.53. The van der Waals surface area contributed by atoms with Gasteiger partial charge in [0.2, 0.25) is 0 Å². The lowest BCUT2D eigenvalue weighted by molar-refractivity contribution is -0.150. The molecule has 0 bridgehead atoms. The summed E-state index contributed by atoms with van der Waals surface area (Å²) in [6.45, 7) is 12.7. The van der Waals surface area contributed by atoms with E-state index in [0.717, 1.165) is 24.4 Å². The van der Waals surface area contributed by atoms with Gasteiger partial charge in [-0.3, -0.25) is 19.7 Å². The molecule has 254 valence electrons. The summed E-state index contributed by atoms with van der Waals surface area (Å²) in [6, 6.07) is 0.621. The first kappa shape index (κ1) is 35.8. The molecule has 0 spiro atoms. The number of hydrogen-bond acceptors (Lipinski definition) is 8. The summed E-state index contributed by atoms with van der Waals surface area (Å²) in [5.74, 6) is -0.398. The lowest BCUT2D eigenvalue weighted by atomic mass is 9.87. The predicted molar refractivity (Wildman–Crippen MR) is 180 cm³/mol. The molecular weight excluding hydrogens is 580 g/mol. The molecule has 4 rings (SSSR count). The highest BCUT2D eigenvalue weighted by molar-refractivity contribution is 5.70. The maximum atomic E-state index is 13.4. The van der Waals surface area contributed by atoms with E-state index in [2.05, 4.69) is 21.8 Å². The van der Waals surface area contributed by atoms with Gasteiger partial charge in [-0.1, -0.05) is 70.8 Å². The fourth-order valence-electron chi connectivity index (χ4n) is 6.81. The van der Waals surface area contributed by atoms with Gasteiger partial charge in [-0.15, -0.1) is 0 Å². The number of esters is 1. The highest BCUT2D eigenvalue weighted by Crippen LogP contribution is 2.29. The molecule has 1 saturated carbocycles. The molecule has 2 aliphatic heterocycles. The molecule has 3 heterocycles. The number of carbonyl (C=O) groups is 2. The van der Waals surface area contributed by atoms with Crippen LogP contribution in [-0.4, -0.2) is 87.0 Å². The molecule has 1 unspecified atom stereocenters. The number of amides is 1. The van der Waals surface area contributed by atoms with Gasteiger partial charge >= 0.3 is 12.1 Å². The molecule has 3 aliphatic rings. The normalized spacial score (nSPS) is 31.3. The lowest BCUT2D eigenvalue weighted by Gasteiger charge is -2.40. The number of cyclic esters (lactones) is 1. The maximum absolute atomic E-state index is 13.4. The standard InChI is InChI=1S/C37H56N4O5/c1-27-17-18-37(5,44)33(45-36(43)41-23-21-40(22-24-41)31-13-8-6-7-9-14-31)16-15-30(4)35(46-34(42)25-27)29(3)12-10-11-28(2)32-26-38-19-20-39-32/h10-12,15-16,19-20,26-28,30-31,33,35,44H,6-9,13-14,17-18,21-25H2,1-5H3/b11-10+,16-15+,29-12+/t27-,28?,30+,33+,35-,37-/m1/s1. The van der Waals surface area contributed by atoms with Crippen LogP contribution in [0.2, 0.25) is 0 Å². The van der Waals surface area contributed by atoms with E-state index in [1.807, 2.05) is 45.1 Å². The predicted octanol–water partition coefficient (Wildman–Crippen LogP) is 6.60. The summed E-state index contributed by atoms with van der Waals surface area (Å²) in [5, 5.41) is 11.6. The zero-order valence-corrected chi connectivity index (χ0v) is 28.6. The van der Waals surface area contributed by atoms with E-state index in [1.54, 1.807) is 36.5 Å². The van der Waals surface area contributed by atoms with Crippen molar-refractivity contribution in [1.82, 2.24) is 19.8 Å². The third kappa shape index (κ3) is 10.5. The second-order valence-electron chi connectivity index (χ2n) is 14.0. The highest BCUT2D eigenvalue weighted by Gasteiger charge is 2.37. The van der Waals surface area contributed by atoms with Gasteiger partial charge in [-0.2, -0.15) is 0 Å². The number of carbonyl (C=O) groups excluding carboxylic acids is 2. The van der Waals surface area contributed by atoms with Crippen molar-refractivity contribution in [3.63, 3.8) is 0 Å². The Balaban J connectivity index is 1.45. The van der Waals surface area contributed by atoms with Crippen LogP contribution in [0, 0.1) is 11.8 Å². The molecular formula is C37H56N4O5. The smallest absolute Gasteiger partial charge is 0.410 e. The number of aromatic nitrogens is 2. The van der Waals surface area contributed by atoms with Crippen LogP contribution >= 0.6 is 0 Å². The highest BCUT2D eigenvalue weighted by atomic mass is 16.6. The quantitative estimate of drug-likeness (QED) is 0.161. The number of rotatable bonds is 6. The van der Waals surface area contributed by atoms with Crippen molar-refractivity contribution in [1.29, 1.82) is 0 Å². The van der Waals surface area contributed by atoms with Crippen LogP contribution in [0.5, 0.6) is 0 Å². The number of piperazine rings is 1. The Kier molecular flexibility index (Phi) is 13.4. The van der Waals surface area contributed by atoms with Gasteiger partial charge < -0.3 is 19.5 Å². The van der Waals surface area contributed by atoms with Gasteiger partial charge in [0.05, 0.1) is 5.69 Å². The van der Waals surface area contributed by atoms with Crippen LogP contribution in [0.1, 0.15) is 104 Å². The van der Waals surface area contributed by atoms with Crippen LogP contribution < -0.4 is 0 Å². The van der Waals surface area contributed by atoms with E-state index in [9.17, 15) is 14.7 Å². The van der Waals surface area contributed by atoms with Crippen LogP contribution in [0.3, 0.4) is 0 Å². The summed E-state index contributed by atoms with van der Waals surface area (Å²) in [5.41, 5.74) is 0.483. The van der Waals surface area contributed by atoms with Crippen molar-refractivity contribution in [3.05, 3.63) is 60.2 Å². The topological polar surface area (TPSA) is 105 Å². The Labute approximate surface area is 276 Å². The molecule has 0 aromatic carbocycles. The van der Waals surface area contributed by atoms with E-state index in [1.165, 1.54) is 38.5 Å². The van der Waals surface area contributed by atoms with E-state index in [-0.39, 0.29) is 36.2 Å². The van der Waals surface area contributed by atoms with Crippen molar-refractivity contribution >= 4 is 12.1 Å². The number of hydrogen-bond donors (Lipinski definition) is 1. The van der Waals surface area contributed by atoms with Gasteiger partial charge in [0, 0.05) is 69.1 Å². The summed E-state index contributed by atoms with van der Waals surface area (Å²) in [6.07, 6.45) is 22.0. The minimum Gasteiger partial charge on any atom is -0.457 e. The number of ether oxygens (including phenoxy) is 2. The molecule has 9 nitrogen and oxygen atoms in total. The molecule has 1 amide bonds. The third-order valence-electron chi connectivity index (χ3n) is 10.00. The Morgan fingerprint density at radius 1 is 1.09 bits per heavy atom. The summed E-state index contributed by atoms with van der Waals surface area (Å²) in [7, 11) is 0. The number of aliphatic hydroxyl groups is 1. The summed E-state index contributed by atoms with van der Waals surface area (Å²) >= 11 is 0. The molecule has 1 aromatic rings. The van der Waals surface area contributed by atoms with E-state index in [4.69, 9.17) is 9.47 Å². The van der Waals surface area contributed by atoms with Crippen LogP contribution in [-0.2, 0) is 14.3 Å². The van der Waals surface area contributed by atoms with Crippen molar-refractivity contribution in [3.8, 4) is 0 Å². The molecule has 1 aromatic heterocycles. The first-order valence-electron chi connectivity index (χ1n) is 17.4. The van der Waals surface area contributed by atoms with Gasteiger partial charge in [0.1, 0.15) is 11.7 Å². The van der Waals surface area contributed by atoms with Crippen molar-refractivity contribution in [2.75, 3.05) is 26.2 Å². The van der Waals surface area contributed by atoms with Crippen LogP contribution in [0.4, 0.5) is 4.79 Å². The molecule has 1 saturated heterocycles. The minimum absolute atomic E-state index is 0.00349. The van der Waals surface area contributed by atoms with Gasteiger partial charge in [0.25, 0.3) is 0 Å². The largest absolute Gasteiger partial charge is 0.457 e. The van der Waals surface area contributed by atoms with Gasteiger partial charge in [-0.05, 0) is 57.1 Å². The average Bonchev–Trinajstić information content (AvgIpc) is 3.34. The molecule has 46 heavy (non-hydrogen) atoms. The Morgan fingerprint density at radius 3 is 2.48 bits per heavy atom. The zero-order valence-electron chi connectivity index (χ0n) is 28.6. The summed E-state index contributed by atoms with van der Waals surface area (Å²) < 4.78 is 12.1. The fourth-order valence-corrected chi connectivity index (χ4v) is 6.81. The molecule has 9 heteroatoms. The van der Waals surface area contributed by atoms with Crippen LogP contribution in [0.15, 0.2) is 54.5 Å². The van der Waals surface area contributed by atoms with Crippen molar-refractivity contribution in [2.24, 2.45) is 11.8 Å². The Bertz CT molecular complexity index is 1200. The molecule has 1 aliphatic carbocycles. The Hall–Kier alpha value is -3.04. The second kappa shape index (κ2) is 17.2. The number of nitrogens with zero attached hydrogens (tertiary/aromatic N) is 4. The van der Waals surface area contributed by atoms with Gasteiger partial charge in [-0.25, -0.2) is 4.79 Å². The van der Waals surface area contributed by atoms with Crippen LogP contribution in [0.25, 0.3) is 0 Å². The zero-order chi connectivity index (χ0) is 33.1. The van der Waals surface area contributed by atoms with Crippen molar-refractivity contribution < 1.29 is 24.2 Å². The molecule has 1 N–H and O–H groups in total. The third-order valence-corrected chi connectivity index (χ3v) is 10.00. The summed E-state index contributed by atoms with van der Waals surface area (Å²) in [4.78, 5) is 39.3. The minimum atomic E-state index is -1.29.